The first kappa shape index (κ1) is 11.0. The van der Waals surface area contributed by atoms with Gasteiger partial charge in [0.15, 0.2) is 0 Å². The van der Waals surface area contributed by atoms with Gasteiger partial charge in [-0.25, -0.2) is 0 Å². The van der Waals surface area contributed by atoms with Crippen LogP contribution < -0.4 is 5.32 Å². The van der Waals surface area contributed by atoms with E-state index in [2.05, 4.69) is 31.1 Å². The summed E-state index contributed by atoms with van der Waals surface area (Å²) < 4.78 is 0. The molecule has 3 nitrogen and oxygen atoms in total. The van der Waals surface area contributed by atoms with Crippen LogP contribution >= 0.6 is 0 Å². The van der Waals surface area contributed by atoms with Crippen molar-refractivity contribution in [3.63, 3.8) is 0 Å². The van der Waals surface area contributed by atoms with Crippen molar-refractivity contribution in [2.75, 3.05) is 20.2 Å². The van der Waals surface area contributed by atoms with Gasteiger partial charge in [-0.1, -0.05) is 13.8 Å². The molecule has 1 saturated carbocycles. The Morgan fingerprint density at radius 3 is 2.46 bits per heavy atom. The van der Waals surface area contributed by atoms with Crippen molar-refractivity contribution in [1.29, 1.82) is 0 Å². The summed E-state index contributed by atoms with van der Waals surface area (Å²) in [5.41, 5.74) is 0. The number of hydrogen-bond acceptors (Lipinski definition) is 3. The highest BCUT2D eigenvalue weighted by atomic mass is 16.3. The lowest BCUT2D eigenvalue weighted by Crippen LogP contribution is -2.45. The molecule has 78 valence electrons. The van der Waals surface area contributed by atoms with Gasteiger partial charge >= 0.3 is 0 Å². The first-order valence-electron chi connectivity index (χ1n) is 5.20. The smallest absolute Gasteiger partial charge is 0.0597 e. The molecule has 13 heavy (non-hydrogen) atoms. The number of nitrogens with zero attached hydrogens (tertiary/aromatic N) is 1. The first-order chi connectivity index (χ1) is 6.13. The summed E-state index contributed by atoms with van der Waals surface area (Å²) in [5, 5.41) is 12.5. The van der Waals surface area contributed by atoms with E-state index in [1.807, 2.05) is 0 Å². The highest BCUT2D eigenvalue weighted by molar-refractivity contribution is 4.85. The average Bonchev–Trinajstić information content (AvgIpc) is 2.84. The number of rotatable bonds is 6. The third kappa shape index (κ3) is 4.07. The fraction of sp³-hybridized carbons (Fsp3) is 1.00. The van der Waals surface area contributed by atoms with Crippen LogP contribution in [0.1, 0.15) is 26.7 Å². The summed E-state index contributed by atoms with van der Waals surface area (Å²) in [6.07, 6.45) is 2.66. The molecular weight excluding hydrogens is 164 g/mol. The van der Waals surface area contributed by atoms with E-state index in [-0.39, 0.29) is 12.6 Å². The molecule has 0 amide bonds. The maximum Gasteiger partial charge on any atom is 0.0597 e. The van der Waals surface area contributed by atoms with Crippen LogP contribution in [0.5, 0.6) is 0 Å². The van der Waals surface area contributed by atoms with Gasteiger partial charge in [-0.05, 0) is 19.9 Å². The molecular formula is C10H22N2O. The zero-order valence-electron chi connectivity index (χ0n) is 8.95. The summed E-state index contributed by atoms with van der Waals surface area (Å²) in [7, 11) is 2.14. The van der Waals surface area contributed by atoms with Crippen molar-refractivity contribution >= 4 is 0 Å². The van der Waals surface area contributed by atoms with Crippen molar-refractivity contribution < 1.29 is 5.11 Å². The van der Waals surface area contributed by atoms with Crippen LogP contribution in [0.15, 0.2) is 0 Å². The van der Waals surface area contributed by atoms with E-state index in [0.717, 1.165) is 12.6 Å². The Kier molecular flexibility index (Phi) is 4.16. The quantitative estimate of drug-likeness (QED) is 0.632. The third-order valence-electron chi connectivity index (χ3n) is 2.47. The van der Waals surface area contributed by atoms with Crippen LogP contribution in [0.2, 0.25) is 0 Å². The van der Waals surface area contributed by atoms with Crippen molar-refractivity contribution in [3.8, 4) is 0 Å². The summed E-state index contributed by atoms with van der Waals surface area (Å²) in [4.78, 5) is 2.34. The molecule has 0 aromatic carbocycles. The van der Waals surface area contributed by atoms with Gasteiger partial charge in [0.05, 0.1) is 6.61 Å². The molecule has 1 unspecified atom stereocenters. The van der Waals surface area contributed by atoms with Gasteiger partial charge in [0.25, 0.3) is 0 Å². The molecule has 1 aliphatic rings. The van der Waals surface area contributed by atoms with E-state index >= 15 is 0 Å². The monoisotopic (exact) mass is 186 g/mol. The van der Waals surface area contributed by atoms with Crippen molar-refractivity contribution in [1.82, 2.24) is 10.2 Å². The predicted octanol–water partition coefficient (Wildman–Crippen LogP) is 0.439. The zero-order valence-corrected chi connectivity index (χ0v) is 8.95. The van der Waals surface area contributed by atoms with E-state index in [4.69, 9.17) is 5.11 Å². The normalized spacial score (nSPS) is 19.8. The van der Waals surface area contributed by atoms with Gasteiger partial charge in [0.2, 0.25) is 0 Å². The second-order valence-electron chi connectivity index (χ2n) is 4.37. The van der Waals surface area contributed by atoms with E-state index in [0.29, 0.717) is 6.04 Å². The average molecular weight is 186 g/mol. The SMILES string of the molecule is CC(C)NC(CO)CN(C)C1CC1. The van der Waals surface area contributed by atoms with Crippen molar-refractivity contribution in [2.45, 2.75) is 44.8 Å². The molecule has 0 bridgehead atoms. The molecule has 2 N–H and O–H groups in total. The van der Waals surface area contributed by atoms with E-state index in [9.17, 15) is 0 Å². The molecule has 0 saturated heterocycles. The van der Waals surface area contributed by atoms with Crippen LogP contribution in [-0.4, -0.2) is 48.3 Å². The Bertz CT molecular complexity index is 146. The molecule has 0 radical (unpaired) electrons. The standard InChI is InChI=1S/C10H22N2O/c1-8(2)11-9(7-13)6-12(3)10-4-5-10/h8-11,13H,4-7H2,1-3H3. The first-order valence-corrected chi connectivity index (χ1v) is 5.20. The van der Waals surface area contributed by atoms with Gasteiger partial charge in [-0.15, -0.1) is 0 Å². The van der Waals surface area contributed by atoms with Gasteiger partial charge in [0, 0.05) is 24.7 Å². The minimum atomic E-state index is 0.227. The van der Waals surface area contributed by atoms with E-state index in [1.165, 1.54) is 12.8 Å². The van der Waals surface area contributed by atoms with Crippen molar-refractivity contribution in [3.05, 3.63) is 0 Å². The second-order valence-corrected chi connectivity index (χ2v) is 4.37. The van der Waals surface area contributed by atoms with Crippen molar-refractivity contribution in [2.24, 2.45) is 0 Å². The lowest BCUT2D eigenvalue weighted by atomic mass is 10.2. The largest absolute Gasteiger partial charge is 0.395 e. The van der Waals surface area contributed by atoms with Gasteiger partial charge < -0.3 is 15.3 Å². The van der Waals surface area contributed by atoms with Crippen LogP contribution in [0.3, 0.4) is 0 Å². The second kappa shape index (κ2) is 4.94. The van der Waals surface area contributed by atoms with Crippen LogP contribution in [0.4, 0.5) is 0 Å². The molecule has 1 rings (SSSR count). The number of hydrogen-bond donors (Lipinski definition) is 2. The summed E-state index contributed by atoms with van der Waals surface area (Å²) in [6, 6.07) is 1.46. The fourth-order valence-corrected chi connectivity index (χ4v) is 1.65. The summed E-state index contributed by atoms with van der Waals surface area (Å²) >= 11 is 0. The topological polar surface area (TPSA) is 35.5 Å². The van der Waals surface area contributed by atoms with Crippen LogP contribution in [-0.2, 0) is 0 Å². The number of aliphatic hydroxyl groups is 1. The Morgan fingerprint density at radius 1 is 1.46 bits per heavy atom. The molecule has 1 atom stereocenters. The van der Waals surface area contributed by atoms with Gasteiger partial charge in [-0.3, -0.25) is 0 Å². The Morgan fingerprint density at radius 2 is 2.08 bits per heavy atom. The van der Waals surface area contributed by atoms with Crippen LogP contribution in [0, 0.1) is 0 Å². The molecule has 0 spiro atoms. The van der Waals surface area contributed by atoms with E-state index in [1.54, 1.807) is 0 Å². The fourth-order valence-electron chi connectivity index (χ4n) is 1.65. The maximum atomic E-state index is 9.14. The Hall–Kier alpha value is -0.120. The predicted molar refractivity (Wildman–Crippen MR) is 54.8 cm³/mol. The molecule has 0 aromatic heterocycles. The minimum Gasteiger partial charge on any atom is -0.395 e. The maximum absolute atomic E-state index is 9.14. The third-order valence-corrected chi connectivity index (χ3v) is 2.47. The lowest BCUT2D eigenvalue weighted by Gasteiger charge is -2.25. The minimum absolute atomic E-state index is 0.227. The van der Waals surface area contributed by atoms with Gasteiger partial charge in [0.1, 0.15) is 0 Å². The highest BCUT2D eigenvalue weighted by Crippen LogP contribution is 2.25. The highest BCUT2D eigenvalue weighted by Gasteiger charge is 2.27. The molecule has 0 heterocycles. The molecule has 0 aromatic rings. The number of aliphatic hydroxyl groups excluding tert-OH is 1. The molecule has 1 fully saturated rings. The number of likely N-dealkylation sites (N-methyl/N-ethyl adjacent to an activating group) is 1. The lowest BCUT2D eigenvalue weighted by molar-refractivity contribution is 0.189. The zero-order chi connectivity index (χ0) is 9.84. The van der Waals surface area contributed by atoms with E-state index < -0.39 is 0 Å². The van der Waals surface area contributed by atoms with Gasteiger partial charge in [-0.2, -0.15) is 0 Å². The summed E-state index contributed by atoms with van der Waals surface area (Å²) in [6.45, 7) is 5.41. The summed E-state index contributed by atoms with van der Waals surface area (Å²) in [5.74, 6) is 0. The Labute approximate surface area is 81.1 Å². The Balaban J connectivity index is 2.21. The number of nitrogens with one attached hydrogen (secondary N) is 1. The molecule has 1 aliphatic carbocycles. The van der Waals surface area contributed by atoms with Crippen LogP contribution in [0.25, 0.3) is 0 Å². The molecule has 0 aliphatic heterocycles. The molecule has 3 heteroatoms.